The third kappa shape index (κ3) is 3.93. The van der Waals surface area contributed by atoms with Crippen LogP contribution in [0, 0.1) is 5.92 Å². The Bertz CT molecular complexity index is 712. The molecule has 0 heterocycles. The summed E-state index contributed by atoms with van der Waals surface area (Å²) >= 11 is 0. The van der Waals surface area contributed by atoms with Gasteiger partial charge in [0, 0.05) is 11.5 Å². The summed E-state index contributed by atoms with van der Waals surface area (Å²) in [5.74, 6) is 0.152. The molecule has 24 heavy (non-hydrogen) atoms. The second-order valence-electron chi connectivity index (χ2n) is 5.82. The molecular formula is C19H20N2O3. The van der Waals surface area contributed by atoms with E-state index < -0.39 is 0 Å². The Morgan fingerprint density at radius 1 is 0.958 bits per heavy atom. The van der Waals surface area contributed by atoms with Crippen LogP contribution in [0.1, 0.15) is 19.3 Å². The average molecular weight is 324 g/mol. The first-order chi connectivity index (χ1) is 11.7. The highest BCUT2D eigenvalue weighted by molar-refractivity contribution is 5.84. The molecule has 5 nitrogen and oxygen atoms in total. The van der Waals surface area contributed by atoms with Gasteiger partial charge in [0.15, 0.2) is 6.61 Å². The van der Waals surface area contributed by atoms with Crippen molar-refractivity contribution in [2.75, 3.05) is 6.61 Å². The molecule has 1 aliphatic rings. The van der Waals surface area contributed by atoms with Crippen LogP contribution in [0.4, 0.5) is 0 Å². The van der Waals surface area contributed by atoms with E-state index in [9.17, 15) is 9.59 Å². The van der Waals surface area contributed by atoms with Crippen LogP contribution in [-0.2, 0) is 9.59 Å². The average Bonchev–Trinajstić information content (AvgIpc) is 2.57. The van der Waals surface area contributed by atoms with E-state index in [-0.39, 0.29) is 24.3 Å². The smallest absolute Gasteiger partial charge is 0.276 e. The topological polar surface area (TPSA) is 67.4 Å². The number of rotatable bonds is 5. The molecule has 2 amide bonds. The van der Waals surface area contributed by atoms with Crippen molar-refractivity contribution in [1.82, 2.24) is 10.9 Å². The van der Waals surface area contributed by atoms with Crippen LogP contribution in [-0.4, -0.2) is 18.4 Å². The summed E-state index contributed by atoms with van der Waals surface area (Å²) in [6.07, 6.45) is 2.86. The van der Waals surface area contributed by atoms with Crippen LogP contribution in [0.5, 0.6) is 5.75 Å². The van der Waals surface area contributed by atoms with Gasteiger partial charge in [-0.25, -0.2) is 0 Å². The second kappa shape index (κ2) is 7.64. The molecule has 0 unspecified atom stereocenters. The molecule has 2 aromatic rings. The zero-order valence-electron chi connectivity index (χ0n) is 13.3. The Labute approximate surface area is 141 Å². The minimum Gasteiger partial charge on any atom is -0.483 e. The summed E-state index contributed by atoms with van der Waals surface area (Å²) in [6.45, 7) is -0.158. The van der Waals surface area contributed by atoms with Gasteiger partial charge in [-0.1, -0.05) is 55.0 Å². The van der Waals surface area contributed by atoms with Gasteiger partial charge in [0.25, 0.3) is 5.91 Å². The maximum Gasteiger partial charge on any atom is 0.276 e. The maximum absolute atomic E-state index is 11.8. The van der Waals surface area contributed by atoms with Gasteiger partial charge >= 0.3 is 0 Å². The predicted octanol–water partition coefficient (Wildman–Crippen LogP) is 2.68. The monoisotopic (exact) mass is 324 g/mol. The van der Waals surface area contributed by atoms with Crippen molar-refractivity contribution in [3.8, 4) is 16.9 Å². The van der Waals surface area contributed by atoms with Gasteiger partial charge in [-0.05, 0) is 24.5 Å². The first-order valence-corrected chi connectivity index (χ1v) is 8.10. The zero-order chi connectivity index (χ0) is 16.8. The number of ether oxygens (including phenoxy) is 1. The summed E-state index contributed by atoms with van der Waals surface area (Å²) in [7, 11) is 0. The van der Waals surface area contributed by atoms with E-state index >= 15 is 0 Å². The minimum atomic E-state index is -0.384. The van der Waals surface area contributed by atoms with Gasteiger partial charge in [0.2, 0.25) is 5.91 Å². The molecule has 2 N–H and O–H groups in total. The number of hydrazine groups is 1. The summed E-state index contributed by atoms with van der Waals surface area (Å²) in [4.78, 5) is 23.5. The van der Waals surface area contributed by atoms with Gasteiger partial charge in [-0.3, -0.25) is 20.4 Å². The van der Waals surface area contributed by atoms with Crippen molar-refractivity contribution in [2.45, 2.75) is 19.3 Å². The van der Waals surface area contributed by atoms with Gasteiger partial charge < -0.3 is 4.74 Å². The Morgan fingerprint density at radius 2 is 1.67 bits per heavy atom. The van der Waals surface area contributed by atoms with E-state index in [1.54, 1.807) is 0 Å². The normalized spacial score (nSPS) is 13.7. The fraction of sp³-hybridized carbons (Fsp3) is 0.263. The largest absolute Gasteiger partial charge is 0.483 e. The third-order valence-corrected chi connectivity index (χ3v) is 4.13. The number of para-hydroxylation sites is 1. The molecule has 0 aromatic heterocycles. The van der Waals surface area contributed by atoms with Crippen LogP contribution in [0.15, 0.2) is 54.6 Å². The summed E-state index contributed by atoms with van der Waals surface area (Å²) in [5.41, 5.74) is 6.79. The number of carbonyl (C=O) groups is 2. The first kappa shape index (κ1) is 16.1. The molecule has 0 bridgehead atoms. The molecule has 5 heteroatoms. The molecule has 0 aliphatic heterocycles. The van der Waals surface area contributed by atoms with Crippen LogP contribution in [0.25, 0.3) is 11.1 Å². The number of nitrogens with one attached hydrogen (secondary N) is 2. The van der Waals surface area contributed by atoms with Crippen LogP contribution in [0.3, 0.4) is 0 Å². The number of amides is 2. The molecule has 0 radical (unpaired) electrons. The van der Waals surface area contributed by atoms with Crippen molar-refractivity contribution in [3.05, 3.63) is 54.6 Å². The first-order valence-electron chi connectivity index (χ1n) is 8.10. The van der Waals surface area contributed by atoms with E-state index in [2.05, 4.69) is 10.9 Å². The van der Waals surface area contributed by atoms with Gasteiger partial charge in [-0.2, -0.15) is 0 Å². The van der Waals surface area contributed by atoms with Crippen molar-refractivity contribution in [1.29, 1.82) is 0 Å². The van der Waals surface area contributed by atoms with E-state index in [0.717, 1.165) is 30.4 Å². The van der Waals surface area contributed by atoms with Crippen molar-refractivity contribution in [3.63, 3.8) is 0 Å². The molecule has 0 spiro atoms. The standard InChI is InChI=1S/C19H20N2O3/c22-18(20-21-19(23)15-9-6-10-15)13-24-17-12-5-4-11-16(17)14-7-2-1-3-8-14/h1-5,7-8,11-12,15H,6,9-10,13H2,(H,20,22)(H,21,23). The van der Waals surface area contributed by atoms with Crippen LogP contribution >= 0.6 is 0 Å². The van der Waals surface area contributed by atoms with Crippen molar-refractivity contribution >= 4 is 11.8 Å². The molecule has 1 saturated carbocycles. The van der Waals surface area contributed by atoms with E-state index in [1.165, 1.54) is 0 Å². The molecule has 1 fully saturated rings. The molecule has 2 aromatic carbocycles. The van der Waals surface area contributed by atoms with Gasteiger partial charge in [-0.15, -0.1) is 0 Å². The molecule has 0 atom stereocenters. The maximum atomic E-state index is 11.8. The SMILES string of the molecule is O=C(COc1ccccc1-c1ccccc1)NNC(=O)C1CCC1. The van der Waals surface area contributed by atoms with E-state index in [0.29, 0.717) is 5.75 Å². The molecular weight excluding hydrogens is 304 g/mol. The van der Waals surface area contributed by atoms with Crippen LogP contribution < -0.4 is 15.6 Å². The van der Waals surface area contributed by atoms with Crippen molar-refractivity contribution < 1.29 is 14.3 Å². The summed E-state index contributed by atoms with van der Waals surface area (Å²) in [6, 6.07) is 17.4. The Balaban J connectivity index is 1.55. The lowest BCUT2D eigenvalue weighted by molar-refractivity contribution is -0.133. The number of hydrogen-bond donors (Lipinski definition) is 2. The Hall–Kier alpha value is -2.82. The number of carbonyl (C=O) groups excluding carboxylic acids is 2. The summed E-state index contributed by atoms with van der Waals surface area (Å²) < 4.78 is 5.62. The van der Waals surface area contributed by atoms with Crippen LogP contribution in [0.2, 0.25) is 0 Å². The minimum absolute atomic E-state index is 0.0324. The van der Waals surface area contributed by atoms with Gasteiger partial charge in [0.05, 0.1) is 0 Å². The van der Waals surface area contributed by atoms with E-state index in [4.69, 9.17) is 4.74 Å². The third-order valence-electron chi connectivity index (χ3n) is 4.13. The quantitative estimate of drug-likeness (QED) is 0.831. The molecule has 1 aliphatic carbocycles. The van der Waals surface area contributed by atoms with E-state index in [1.807, 2.05) is 54.6 Å². The lowest BCUT2D eigenvalue weighted by Gasteiger charge is -2.24. The zero-order valence-corrected chi connectivity index (χ0v) is 13.3. The molecule has 124 valence electrons. The van der Waals surface area contributed by atoms with Gasteiger partial charge in [0.1, 0.15) is 5.75 Å². The summed E-state index contributed by atoms with van der Waals surface area (Å²) in [5, 5.41) is 0. The highest BCUT2D eigenvalue weighted by Crippen LogP contribution is 2.29. The fourth-order valence-corrected chi connectivity index (χ4v) is 2.53. The predicted molar refractivity (Wildman–Crippen MR) is 91.0 cm³/mol. The highest BCUT2D eigenvalue weighted by atomic mass is 16.5. The van der Waals surface area contributed by atoms with Crippen molar-refractivity contribution in [2.24, 2.45) is 5.92 Å². The lowest BCUT2D eigenvalue weighted by Crippen LogP contribution is -2.47. The lowest BCUT2D eigenvalue weighted by atomic mass is 9.85. The highest BCUT2D eigenvalue weighted by Gasteiger charge is 2.25. The number of hydrogen-bond acceptors (Lipinski definition) is 3. The fourth-order valence-electron chi connectivity index (χ4n) is 2.53. The second-order valence-corrected chi connectivity index (χ2v) is 5.82. The Kier molecular flexibility index (Phi) is 5.11. The number of benzene rings is 2. The Morgan fingerprint density at radius 3 is 2.38 bits per heavy atom. The molecule has 3 rings (SSSR count). The molecule has 0 saturated heterocycles.